The summed E-state index contributed by atoms with van der Waals surface area (Å²) < 4.78 is 10.2. The molecule has 3 nitrogen and oxygen atoms in total. The maximum Gasteiger partial charge on any atom is 0.343 e. The van der Waals surface area contributed by atoms with Crippen LogP contribution in [0.3, 0.4) is 0 Å². The normalized spacial score (nSPS) is 18.9. The van der Waals surface area contributed by atoms with Gasteiger partial charge in [-0.3, -0.25) is 0 Å². The van der Waals surface area contributed by atoms with Crippen LogP contribution in [-0.2, 0) is 14.3 Å². The number of cyclic esters (lactones) is 1. The third-order valence-corrected chi connectivity index (χ3v) is 3.03. The molecule has 17 heavy (non-hydrogen) atoms. The molecule has 86 valence electrons. The van der Waals surface area contributed by atoms with Crippen LogP contribution in [0.1, 0.15) is 11.1 Å². The summed E-state index contributed by atoms with van der Waals surface area (Å²) in [5.41, 5.74) is 1.92. The van der Waals surface area contributed by atoms with E-state index in [0.717, 1.165) is 11.1 Å². The summed E-state index contributed by atoms with van der Waals surface area (Å²) in [6.07, 6.45) is 5.27. The Balaban J connectivity index is 2.47. The molecule has 0 aliphatic carbocycles. The van der Waals surface area contributed by atoms with E-state index in [1.165, 1.54) is 7.11 Å². The lowest BCUT2D eigenvalue weighted by molar-refractivity contribution is -0.135. The second-order valence-electron chi connectivity index (χ2n) is 3.39. The molecule has 0 N–H and O–H groups in total. The molecule has 1 aliphatic heterocycles. The van der Waals surface area contributed by atoms with E-state index in [0.29, 0.717) is 11.3 Å². The van der Waals surface area contributed by atoms with Gasteiger partial charge in [0.2, 0.25) is 5.01 Å². The third-order valence-electron chi connectivity index (χ3n) is 2.43. The maximum absolute atomic E-state index is 11.7. The van der Waals surface area contributed by atoms with E-state index >= 15 is 0 Å². The van der Waals surface area contributed by atoms with E-state index in [1.54, 1.807) is 24.3 Å². The molecule has 0 fully saturated rings. The summed E-state index contributed by atoms with van der Waals surface area (Å²) in [7, 11) is 1.50. The topological polar surface area (TPSA) is 35.5 Å². The van der Waals surface area contributed by atoms with Crippen molar-refractivity contribution in [2.24, 2.45) is 0 Å². The molecular weight excluding hydrogens is 284 g/mol. The van der Waals surface area contributed by atoms with E-state index in [1.807, 2.05) is 0 Å². The standard InChI is InChI=1S/C13H9BrO3/c1-3-8-4-6-9(7-5-8)10-11(16-2)12(14)17-13(10)15/h1,4-7,12H,2H3. The van der Waals surface area contributed by atoms with Crippen LogP contribution in [0.25, 0.3) is 5.57 Å². The van der Waals surface area contributed by atoms with Gasteiger partial charge in [-0.05, 0) is 33.6 Å². The average Bonchev–Trinajstić information content (AvgIpc) is 2.63. The molecule has 1 aliphatic rings. The lowest BCUT2D eigenvalue weighted by atomic mass is 10.0. The van der Waals surface area contributed by atoms with E-state index in [-0.39, 0.29) is 0 Å². The first kappa shape index (κ1) is 11.7. The summed E-state index contributed by atoms with van der Waals surface area (Å²) in [4.78, 5) is 11.7. The molecule has 1 aromatic carbocycles. The van der Waals surface area contributed by atoms with Crippen LogP contribution in [0.15, 0.2) is 30.0 Å². The van der Waals surface area contributed by atoms with E-state index in [9.17, 15) is 4.79 Å². The fraction of sp³-hybridized carbons (Fsp3) is 0.154. The number of methoxy groups -OCH3 is 1. The number of carbonyl (C=O) groups is 1. The predicted octanol–water partition coefficient (Wildman–Crippen LogP) is 2.30. The first-order valence-electron chi connectivity index (χ1n) is 4.87. The van der Waals surface area contributed by atoms with E-state index in [2.05, 4.69) is 21.9 Å². The van der Waals surface area contributed by atoms with Gasteiger partial charge in [-0.15, -0.1) is 6.42 Å². The highest BCUT2D eigenvalue weighted by Crippen LogP contribution is 2.33. The quantitative estimate of drug-likeness (QED) is 0.477. The molecule has 1 unspecified atom stereocenters. The Bertz CT molecular complexity index is 523. The monoisotopic (exact) mass is 292 g/mol. The van der Waals surface area contributed by atoms with Gasteiger partial charge in [0.15, 0.2) is 5.76 Å². The van der Waals surface area contributed by atoms with E-state index in [4.69, 9.17) is 15.9 Å². The molecule has 2 rings (SSSR count). The van der Waals surface area contributed by atoms with Crippen molar-refractivity contribution in [1.82, 2.24) is 0 Å². The number of alkyl halides is 1. The van der Waals surface area contributed by atoms with Gasteiger partial charge < -0.3 is 9.47 Å². The lowest BCUT2D eigenvalue weighted by Gasteiger charge is -2.05. The van der Waals surface area contributed by atoms with Crippen LogP contribution >= 0.6 is 15.9 Å². The summed E-state index contributed by atoms with van der Waals surface area (Å²) in [5.74, 6) is 2.59. The number of rotatable bonds is 2. The number of ether oxygens (including phenoxy) is 2. The Morgan fingerprint density at radius 2 is 2.06 bits per heavy atom. The van der Waals surface area contributed by atoms with Crippen molar-refractivity contribution >= 4 is 27.5 Å². The van der Waals surface area contributed by atoms with Crippen molar-refractivity contribution in [3.63, 3.8) is 0 Å². The van der Waals surface area contributed by atoms with Crippen LogP contribution in [0.2, 0.25) is 0 Å². The van der Waals surface area contributed by atoms with Crippen LogP contribution < -0.4 is 0 Å². The fourth-order valence-electron chi connectivity index (χ4n) is 1.61. The Morgan fingerprint density at radius 3 is 2.59 bits per heavy atom. The van der Waals surface area contributed by atoms with Gasteiger partial charge in [0.1, 0.15) is 5.57 Å². The van der Waals surface area contributed by atoms with Crippen molar-refractivity contribution in [3.8, 4) is 12.3 Å². The first-order valence-corrected chi connectivity index (χ1v) is 5.79. The Labute approximate surface area is 108 Å². The number of halogens is 1. The number of esters is 1. The van der Waals surface area contributed by atoms with Gasteiger partial charge in [0, 0.05) is 5.56 Å². The molecule has 0 saturated heterocycles. The molecule has 0 amide bonds. The first-order chi connectivity index (χ1) is 8.17. The second-order valence-corrected chi connectivity index (χ2v) is 4.22. The van der Waals surface area contributed by atoms with Crippen LogP contribution in [0.5, 0.6) is 0 Å². The molecule has 0 spiro atoms. The molecular formula is C13H9BrO3. The molecule has 1 atom stereocenters. The SMILES string of the molecule is C#Cc1ccc(C2=C(OC)C(Br)OC2=O)cc1. The molecule has 0 radical (unpaired) electrons. The lowest BCUT2D eigenvalue weighted by Crippen LogP contribution is -2.02. The van der Waals surface area contributed by atoms with Crippen molar-refractivity contribution in [3.05, 3.63) is 41.2 Å². The fourth-order valence-corrected chi connectivity index (χ4v) is 2.19. The van der Waals surface area contributed by atoms with Crippen molar-refractivity contribution in [1.29, 1.82) is 0 Å². The second kappa shape index (κ2) is 4.64. The van der Waals surface area contributed by atoms with Gasteiger partial charge in [0.25, 0.3) is 0 Å². The minimum atomic E-state index is -0.526. The number of terminal acetylenes is 1. The molecule has 0 aromatic heterocycles. The summed E-state index contributed by atoms with van der Waals surface area (Å²) in [6.45, 7) is 0. The highest BCUT2D eigenvalue weighted by molar-refractivity contribution is 9.09. The molecule has 4 heteroatoms. The predicted molar refractivity (Wildman–Crippen MR) is 67.1 cm³/mol. The van der Waals surface area contributed by atoms with Gasteiger partial charge in [-0.1, -0.05) is 18.1 Å². The third kappa shape index (κ3) is 2.06. The zero-order chi connectivity index (χ0) is 12.4. The van der Waals surface area contributed by atoms with E-state index < -0.39 is 11.0 Å². The number of carbonyl (C=O) groups excluding carboxylic acids is 1. The number of hydrogen-bond acceptors (Lipinski definition) is 3. The highest BCUT2D eigenvalue weighted by Gasteiger charge is 2.34. The van der Waals surface area contributed by atoms with Gasteiger partial charge >= 0.3 is 5.97 Å². The van der Waals surface area contributed by atoms with Gasteiger partial charge in [-0.25, -0.2) is 4.79 Å². The maximum atomic E-state index is 11.7. The Morgan fingerprint density at radius 1 is 1.41 bits per heavy atom. The largest absolute Gasteiger partial charge is 0.495 e. The van der Waals surface area contributed by atoms with Crippen LogP contribution in [0, 0.1) is 12.3 Å². The van der Waals surface area contributed by atoms with Crippen molar-refractivity contribution in [2.45, 2.75) is 5.01 Å². The zero-order valence-corrected chi connectivity index (χ0v) is 10.7. The molecule has 0 bridgehead atoms. The summed E-state index contributed by atoms with van der Waals surface area (Å²) >= 11 is 3.21. The summed E-state index contributed by atoms with van der Waals surface area (Å²) in [6, 6.07) is 7.08. The van der Waals surface area contributed by atoms with Crippen molar-refractivity contribution in [2.75, 3.05) is 7.11 Å². The van der Waals surface area contributed by atoms with Crippen molar-refractivity contribution < 1.29 is 14.3 Å². The highest BCUT2D eigenvalue weighted by atomic mass is 79.9. The smallest absolute Gasteiger partial charge is 0.343 e. The zero-order valence-electron chi connectivity index (χ0n) is 9.07. The number of benzene rings is 1. The number of hydrogen-bond donors (Lipinski definition) is 0. The molecule has 0 saturated carbocycles. The van der Waals surface area contributed by atoms with Crippen LogP contribution in [-0.4, -0.2) is 18.1 Å². The van der Waals surface area contributed by atoms with Gasteiger partial charge in [0.05, 0.1) is 7.11 Å². The Kier molecular flexibility index (Phi) is 3.21. The Hall–Kier alpha value is -1.73. The van der Waals surface area contributed by atoms with Crippen LogP contribution in [0.4, 0.5) is 0 Å². The molecule has 1 aromatic rings. The average molecular weight is 293 g/mol. The minimum absolute atomic E-state index is 0.405. The van der Waals surface area contributed by atoms with Gasteiger partial charge in [-0.2, -0.15) is 0 Å². The summed E-state index contributed by atoms with van der Waals surface area (Å²) in [5, 5.41) is -0.526. The molecule has 1 heterocycles. The minimum Gasteiger partial charge on any atom is -0.495 e.